The van der Waals surface area contributed by atoms with Gasteiger partial charge in [-0.15, -0.1) is 0 Å². The zero-order valence-corrected chi connectivity index (χ0v) is 8.77. The fourth-order valence-corrected chi connectivity index (χ4v) is 1.19. The minimum Gasteiger partial charge on any atom is -0.464 e. The third kappa shape index (κ3) is 2.66. The van der Waals surface area contributed by atoms with Crippen LogP contribution in [0.1, 0.15) is 28.0 Å². The van der Waals surface area contributed by atoms with E-state index in [0.717, 1.165) is 7.11 Å². The Labute approximate surface area is 96.4 Å². The molecule has 0 fully saturated rings. The molecule has 0 amide bonds. The van der Waals surface area contributed by atoms with Crippen LogP contribution in [0.25, 0.3) is 0 Å². The number of aromatic amines is 1. The highest BCUT2D eigenvalue weighted by atomic mass is 19.4. The smallest absolute Gasteiger partial charge is 0.418 e. The summed E-state index contributed by atoms with van der Waals surface area (Å²) in [4.78, 5) is 23.6. The highest BCUT2D eigenvalue weighted by molar-refractivity contribution is 5.89. The van der Waals surface area contributed by atoms with E-state index in [0.29, 0.717) is 0 Å². The van der Waals surface area contributed by atoms with Gasteiger partial charge in [-0.1, -0.05) is 0 Å². The Balaban J connectivity index is 3.58. The first kappa shape index (κ1) is 14.1. The first-order chi connectivity index (χ1) is 8.18. The van der Waals surface area contributed by atoms with E-state index >= 15 is 0 Å². The number of hydrogen-bond acceptors (Lipinski definition) is 3. The van der Waals surface area contributed by atoms with Crippen molar-refractivity contribution in [2.75, 3.05) is 7.11 Å². The number of ether oxygens (including phenoxy) is 1. The summed E-state index contributed by atoms with van der Waals surface area (Å²) in [6.45, 7) is 0. The number of carbonyl (C=O) groups is 1. The predicted octanol–water partition coefficient (Wildman–Crippen LogP) is 2.12. The lowest BCUT2D eigenvalue weighted by molar-refractivity contribution is -0.138. The summed E-state index contributed by atoms with van der Waals surface area (Å²) in [5.41, 5.74) is -5.72. The van der Waals surface area contributed by atoms with Gasteiger partial charge in [0.25, 0.3) is 12.0 Å². The maximum absolute atomic E-state index is 12.5. The van der Waals surface area contributed by atoms with Crippen molar-refractivity contribution in [2.24, 2.45) is 0 Å². The van der Waals surface area contributed by atoms with E-state index in [9.17, 15) is 31.5 Å². The van der Waals surface area contributed by atoms with E-state index in [4.69, 9.17) is 0 Å². The summed E-state index contributed by atoms with van der Waals surface area (Å²) in [7, 11) is 0.793. The van der Waals surface area contributed by atoms with Crippen LogP contribution in [0.4, 0.5) is 22.0 Å². The van der Waals surface area contributed by atoms with Crippen molar-refractivity contribution in [3.05, 3.63) is 33.2 Å². The molecule has 1 rings (SSSR count). The Morgan fingerprint density at radius 1 is 1.39 bits per heavy atom. The number of methoxy groups -OCH3 is 1. The number of hydrogen-bond donors (Lipinski definition) is 1. The number of nitrogens with one attached hydrogen (secondary N) is 1. The van der Waals surface area contributed by atoms with Crippen LogP contribution in [0.15, 0.2) is 10.9 Å². The number of carbonyl (C=O) groups excluding carboxylic acids is 1. The second-order valence-corrected chi connectivity index (χ2v) is 3.13. The molecule has 0 aliphatic carbocycles. The van der Waals surface area contributed by atoms with Crippen molar-refractivity contribution in [1.29, 1.82) is 0 Å². The fourth-order valence-electron chi connectivity index (χ4n) is 1.19. The molecule has 0 saturated heterocycles. The maximum atomic E-state index is 12.5. The summed E-state index contributed by atoms with van der Waals surface area (Å²) in [5, 5.41) is 0. The zero-order valence-electron chi connectivity index (χ0n) is 8.77. The highest BCUT2D eigenvalue weighted by Crippen LogP contribution is 2.32. The topological polar surface area (TPSA) is 59.2 Å². The second-order valence-electron chi connectivity index (χ2n) is 3.13. The number of pyridine rings is 1. The predicted molar refractivity (Wildman–Crippen MR) is 48.4 cm³/mol. The van der Waals surface area contributed by atoms with E-state index in [2.05, 4.69) is 4.74 Å². The van der Waals surface area contributed by atoms with E-state index in [-0.39, 0.29) is 6.07 Å². The van der Waals surface area contributed by atoms with Crippen LogP contribution >= 0.6 is 0 Å². The van der Waals surface area contributed by atoms with Crippen LogP contribution in [-0.4, -0.2) is 18.1 Å². The summed E-state index contributed by atoms with van der Waals surface area (Å²) in [6.07, 6.45) is -8.46. The van der Waals surface area contributed by atoms with Gasteiger partial charge >= 0.3 is 12.1 Å². The molecule has 0 radical (unpaired) electrons. The van der Waals surface area contributed by atoms with Crippen molar-refractivity contribution in [2.45, 2.75) is 12.6 Å². The van der Waals surface area contributed by atoms with Crippen LogP contribution in [0.3, 0.4) is 0 Å². The number of alkyl halides is 5. The molecule has 0 aromatic carbocycles. The summed E-state index contributed by atoms with van der Waals surface area (Å²) >= 11 is 0. The van der Waals surface area contributed by atoms with Gasteiger partial charge in [0, 0.05) is 0 Å². The minimum absolute atomic E-state index is 0.0598. The van der Waals surface area contributed by atoms with E-state index in [1.165, 1.54) is 4.98 Å². The van der Waals surface area contributed by atoms with Crippen LogP contribution in [0.5, 0.6) is 0 Å². The van der Waals surface area contributed by atoms with E-state index in [1.807, 2.05) is 0 Å². The van der Waals surface area contributed by atoms with Crippen molar-refractivity contribution < 1.29 is 31.5 Å². The van der Waals surface area contributed by atoms with Crippen LogP contribution in [0, 0.1) is 0 Å². The van der Waals surface area contributed by atoms with Crippen molar-refractivity contribution >= 4 is 5.97 Å². The molecule has 4 nitrogen and oxygen atoms in total. The number of rotatable bonds is 2. The Bertz CT molecular complexity index is 520. The minimum atomic E-state index is -5.07. The Kier molecular flexibility index (Phi) is 3.73. The molecule has 1 aromatic heterocycles. The molecule has 0 spiro atoms. The van der Waals surface area contributed by atoms with Gasteiger partial charge in [-0.3, -0.25) is 4.79 Å². The SMILES string of the molecule is COC(=O)c1[nH]c(=O)c(C(F)F)cc1C(F)(F)F. The van der Waals surface area contributed by atoms with Gasteiger partial charge in [0.1, 0.15) is 5.69 Å². The number of halogens is 5. The molecule has 0 aliphatic heterocycles. The summed E-state index contributed by atoms with van der Waals surface area (Å²) < 4.78 is 66.3. The summed E-state index contributed by atoms with van der Waals surface area (Å²) in [5.74, 6) is -1.47. The third-order valence-corrected chi connectivity index (χ3v) is 2.00. The molecule has 1 N–H and O–H groups in total. The number of aromatic nitrogens is 1. The van der Waals surface area contributed by atoms with Gasteiger partial charge in [0.2, 0.25) is 0 Å². The molecule has 0 saturated carbocycles. The van der Waals surface area contributed by atoms with Crippen molar-refractivity contribution in [3.63, 3.8) is 0 Å². The molecular formula is C9H6F5NO3. The highest BCUT2D eigenvalue weighted by Gasteiger charge is 2.38. The quantitative estimate of drug-likeness (QED) is 0.662. The molecule has 100 valence electrons. The average molecular weight is 271 g/mol. The number of H-pyrrole nitrogens is 1. The van der Waals surface area contributed by atoms with Gasteiger partial charge < -0.3 is 9.72 Å². The zero-order chi connectivity index (χ0) is 14.1. The van der Waals surface area contributed by atoms with Gasteiger partial charge in [0.05, 0.1) is 18.2 Å². The van der Waals surface area contributed by atoms with Crippen LogP contribution in [-0.2, 0) is 10.9 Å². The monoisotopic (exact) mass is 271 g/mol. The molecule has 9 heteroatoms. The molecule has 18 heavy (non-hydrogen) atoms. The van der Waals surface area contributed by atoms with E-state index < -0.39 is 41.0 Å². The number of esters is 1. The molecule has 0 bridgehead atoms. The Morgan fingerprint density at radius 2 is 1.94 bits per heavy atom. The molecule has 1 heterocycles. The fraction of sp³-hybridized carbons (Fsp3) is 0.333. The lowest BCUT2D eigenvalue weighted by Crippen LogP contribution is -2.24. The molecule has 0 unspecified atom stereocenters. The van der Waals surface area contributed by atoms with Gasteiger partial charge in [-0.2, -0.15) is 13.2 Å². The van der Waals surface area contributed by atoms with Gasteiger partial charge in [-0.05, 0) is 6.07 Å². The standard InChI is InChI=1S/C9H6F5NO3/c1-18-8(17)5-4(9(12,13)14)2-3(6(10)11)7(16)15-5/h2,6H,1H3,(H,15,16). The van der Waals surface area contributed by atoms with Gasteiger partial charge in [-0.25, -0.2) is 13.6 Å². The third-order valence-electron chi connectivity index (χ3n) is 2.00. The molecular weight excluding hydrogens is 265 g/mol. The first-order valence-corrected chi connectivity index (χ1v) is 4.39. The van der Waals surface area contributed by atoms with Gasteiger partial charge in [0.15, 0.2) is 0 Å². The lowest BCUT2D eigenvalue weighted by Gasteiger charge is -2.12. The molecule has 0 aliphatic rings. The summed E-state index contributed by atoms with van der Waals surface area (Å²) in [6, 6.07) is -0.0598. The second kappa shape index (κ2) is 4.75. The maximum Gasteiger partial charge on any atom is 0.418 e. The van der Waals surface area contributed by atoms with Crippen molar-refractivity contribution in [3.8, 4) is 0 Å². The Morgan fingerprint density at radius 3 is 2.33 bits per heavy atom. The Hall–Kier alpha value is -1.93. The van der Waals surface area contributed by atoms with E-state index in [1.54, 1.807) is 0 Å². The molecule has 0 atom stereocenters. The van der Waals surface area contributed by atoms with Crippen molar-refractivity contribution in [1.82, 2.24) is 4.98 Å². The first-order valence-electron chi connectivity index (χ1n) is 4.39. The van der Waals surface area contributed by atoms with Crippen LogP contribution in [0.2, 0.25) is 0 Å². The largest absolute Gasteiger partial charge is 0.464 e. The molecule has 1 aromatic rings. The average Bonchev–Trinajstić information content (AvgIpc) is 2.25. The normalized spacial score (nSPS) is 11.7. The van der Waals surface area contributed by atoms with Crippen LogP contribution < -0.4 is 5.56 Å². The lowest BCUT2D eigenvalue weighted by atomic mass is 10.1.